The third-order valence-electron chi connectivity index (χ3n) is 2.50. The standard InChI is InChI=1S/C10H12FNO/c1-6(11)9-5-12-10-4-7(13)2-3-8(9)10/h2-4,6,9,12-13H,5H2,1H3. The number of rotatable bonds is 1. The van der Waals surface area contributed by atoms with Gasteiger partial charge in [-0.25, -0.2) is 4.39 Å². The van der Waals surface area contributed by atoms with Gasteiger partial charge in [-0.2, -0.15) is 0 Å². The number of hydrogen-bond acceptors (Lipinski definition) is 2. The highest BCUT2D eigenvalue weighted by atomic mass is 19.1. The van der Waals surface area contributed by atoms with Crippen LogP contribution in [0.15, 0.2) is 18.2 Å². The Morgan fingerprint density at radius 2 is 2.38 bits per heavy atom. The van der Waals surface area contributed by atoms with Gasteiger partial charge >= 0.3 is 0 Å². The minimum Gasteiger partial charge on any atom is -0.508 e. The van der Waals surface area contributed by atoms with Crippen molar-refractivity contribution >= 4 is 5.69 Å². The molecule has 1 aromatic rings. The van der Waals surface area contributed by atoms with Crippen LogP contribution in [0.25, 0.3) is 0 Å². The Bertz CT molecular complexity index is 325. The summed E-state index contributed by atoms with van der Waals surface area (Å²) in [4.78, 5) is 0. The Balaban J connectivity index is 2.38. The van der Waals surface area contributed by atoms with Crippen LogP contribution in [0.4, 0.5) is 10.1 Å². The second-order valence-electron chi connectivity index (χ2n) is 3.44. The van der Waals surface area contributed by atoms with E-state index in [0.29, 0.717) is 6.54 Å². The lowest BCUT2D eigenvalue weighted by Gasteiger charge is -2.10. The second-order valence-corrected chi connectivity index (χ2v) is 3.44. The smallest absolute Gasteiger partial charge is 0.117 e. The van der Waals surface area contributed by atoms with Gasteiger partial charge in [0.05, 0.1) is 0 Å². The number of benzene rings is 1. The van der Waals surface area contributed by atoms with E-state index in [9.17, 15) is 9.50 Å². The zero-order valence-corrected chi connectivity index (χ0v) is 7.42. The van der Waals surface area contributed by atoms with Crippen molar-refractivity contribution in [2.24, 2.45) is 0 Å². The number of nitrogens with one attached hydrogen (secondary N) is 1. The summed E-state index contributed by atoms with van der Waals surface area (Å²) in [5.41, 5.74) is 1.82. The molecule has 70 valence electrons. The molecule has 0 saturated carbocycles. The van der Waals surface area contributed by atoms with Crippen molar-refractivity contribution in [1.82, 2.24) is 0 Å². The summed E-state index contributed by atoms with van der Waals surface area (Å²) in [6.07, 6.45) is -0.849. The highest BCUT2D eigenvalue weighted by Gasteiger charge is 2.26. The predicted molar refractivity (Wildman–Crippen MR) is 49.9 cm³/mol. The number of fused-ring (bicyclic) bond motifs is 1. The second kappa shape index (κ2) is 2.91. The average Bonchev–Trinajstić information content (AvgIpc) is 2.46. The maximum Gasteiger partial charge on any atom is 0.117 e. The first-order valence-corrected chi connectivity index (χ1v) is 4.39. The van der Waals surface area contributed by atoms with E-state index in [1.54, 1.807) is 25.1 Å². The summed E-state index contributed by atoms with van der Waals surface area (Å²) in [5, 5.41) is 12.3. The van der Waals surface area contributed by atoms with Gasteiger partial charge < -0.3 is 10.4 Å². The molecule has 3 heteroatoms. The van der Waals surface area contributed by atoms with E-state index in [2.05, 4.69) is 5.32 Å². The van der Waals surface area contributed by atoms with Gasteiger partial charge in [-0.05, 0) is 18.6 Å². The van der Waals surface area contributed by atoms with E-state index >= 15 is 0 Å². The quantitative estimate of drug-likeness (QED) is 0.696. The highest BCUT2D eigenvalue weighted by molar-refractivity contribution is 5.60. The molecule has 0 aliphatic carbocycles. The van der Waals surface area contributed by atoms with E-state index in [0.717, 1.165) is 11.3 Å². The summed E-state index contributed by atoms with van der Waals surface area (Å²) in [5.74, 6) is 0.147. The molecular formula is C10H12FNO. The molecule has 0 radical (unpaired) electrons. The number of anilines is 1. The molecule has 2 rings (SSSR count). The fourth-order valence-electron chi connectivity index (χ4n) is 1.76. The molecule has 0 saturated heterocycles. The zero-order valence-electron chi connectivity index (χ0n) is 7.42. The predicted octanol–water partition coefficient (Wildman–Crippen LogP) is 2.26. The maximum absolute atomic E-state index is 13.1. The molecular weight excluding hydrogens is 169 g/mol. The Kier molecular flexibility index (Phi) is 1.87. The molecule has 2 atom stereocenters. The summed E-state index contributed by atoms with van der Waals surface area (Å²) in [6.45, 7) is 2.19. The van der Waals surface area contributed by atoms with Crippen LogP contribution in [0.2, 0.25) is 0 Å². The number of hydrogen-bond donors (Lipinski definition) is 2. The summed E-state index contributed by atoms with van der Waals surface area (Å²) in [7, 11) is 0. The molecule has 2 nitrogen and oxygen atoms in total. The van der Waals surface area contributed by atoms with Gasteiger partial charge in [0.15, 0.2) is 0 Å². The van der Waals surface area contributed by atoms with Crippen LogP contribution in [0, 0.1) is 0 Å². The first-order valence-electron chi connectivity index (χ1n) is 4.39. The Labute approximate surface area is 76.4 Å². The minimum atomic E-state index is -0.849. The lowest BCUT2D eigenvalue weighted by molar-refractivity contribution is 0.317. The lowest BCUT2D eigenvalue weighted by atomic mass is 9.97. The number of phenolic OH excluding ortho intramolecular Hbond substituents is 1. The van der Waals surface area contributed by atoms with Crippen LogP contribution in [0.3, 0.4) is 0 Å². The van der Waals surface area contributed by atoms with Crippen molar-refractivity contribution in [2.75, 3.05) is 11.9 Å². The summed E-state index contributed by atoms with van der Waals surface area (Å²) >= 11 is 0. The van der Waals surface area contributed by atoms with Gasteiger partial charge in [0.1, 0.15) is 11.9 Å². The van der Waals surface area contributed by atoms with Gasteiger partial charge in [-0.15, -0.1) is 0 Å². The Morgan fingerprint density at radius 1 is 1.62 bits per heavy atom. The van der Waals surface area contributed by atoms with Gasteiger partial charge in [0, 0.05) is 24.2 Å². The first-order chi connectivity index (χ1) is 6.18. The topological polar surface area (TPSA) is 32.3 Å². The fraction of sp³-hybridized carbons (Fsp3) is 0.400. The molecule has 0 spiro atoms. The molecule has 2 unspecified atom stereocenters. The van der Waals surface area contributed by atoms with Gasteiger partial charge in [-0.3, -0.25) is 0 Å². The summed E-state index contributed by atoms with van der Waals surface area (Å²) in [6, 6.07) is 5.02. The largest absolute Gasteiger partial charge is 0.508 e. The number of phenols is 1. The van der Waals surface area contributed by atoms with Crippen LogP contribution in [-0.2, 0) is 0 Å². The molecule has 13 heavy (non-hydrogen) atoms. The van der Waals surface area contributed by atoms with Gasteiger partial charge in [0.25, 0.3) is 0 Å². The minimum absolute atomic E-state index is 0.0735. The van der Waals surface area contributed by atoms with E-state index in [1.165, 1.54) is 0 Å². The molecule has 2 N–H and O–H groups in total. The molecule has 1 aliphatic heterocycles. The summed E-state index contributed by atoms with van der Waals surface area (Å²) < 4.78 is 13.1. The monoisotopic (exact) mass is 181 g/mol. The van der Waals surface area contributed by atoms with E-state index < -0.39 is 6.17 Å². The van der Waals surface area contributed by atoms with Crippen molar-refractivity contribution in [3.8, 4) is 5.75 Å². The van der Waals surface area contributed by atoms with Crippen molar-refractivity contribution in [3.63, 3.8) is 0 Å². The van der Waals surface area contributed by atoms with Crippen molar-refractivity contribution in [1.29, 1.82) is 0 Å². The van der Waals surface area contributed by atoms with E-state index in [-0.39, 0.29) is 11.7 Å². The number of halogens is 1. The lowest BCUT2D eigenvalue weighted by Crippen LogP contribution is -2.11. The van der Waals surface area contributed by atoms with Crippen LogP contribution in [0.1, 0.15) is 18.4 Å². The SMILES string of the molecule is CC(F)C1CNc2cc(O)ccc21. The molecule has 0 aromatic heterocycles. The molecule has 1 aliphatic rings. The fourth-order valence-corrected chi connectivity index (χ4v) is 1.76. The normalized spacial score (nSPS) is 22.2. The van der Waals surface area contributed by atoms with Crippen LogP contribution < -0.4 is 5.32 Å². The Morgan fingerprint density at radius 3 is 3.08 bits per heavy atom. The molecule has 1 heterocycles. The van der Waals surface area contributed by atoms with E-state index in [1.807, 2.05) is 0 Å². The molecule has 0 fully saturated rings. The highest BCUT2D eigenvalue weighted by Crippen LogP contribution is 2.36. The van der Waals surface area contributed by atoms with Gasteiger partial charge in [-0.1, -0.05) is 6.07 Å². The molecule has 1 aromatic carbocycles. The third kappa shape index (κ3) is 1.34. The van der Waals surface area contributed by atoms with Gasteiger partial charge in [0.2, 0.25) is 0 Å². The number of alkyl halides is 1. The van der Waals surface area contributed by atoms with Crippen molar-refractivity contribution < 1.29 is 9.50 Å². The number of aromatic hydroxyl groups is 1. The molecule has 0 amide bonds. The van der Waals surface area contributed by atoms with Crippen molar-refractivity contribution in [3.05, 3.63) is 23.8 Å². The first kappa shape index (κ1) is 8.35. The average molecular weight is 181 g/mol. The third-order valence-corrected chi connectivity index (χ3v) is 2.50. The zero-order chi connectivity index (χ0) is 9.42. The van der Waals surface area contributed by atoms with E-state index in [4.69, 9.17) is 0 Å². The molecule has 0 bridgehead atoms. The van der Waals surface area contributed by atoms with Crippen molar-refractivity contribution in [2.45, 2.75) is 19.0 Å². The van der Waals surface area contributed by atoms with Crippen LogP contribution in [0.5, 0.6) is 5.75 Å². The van der Waals surface area contributed by atoms with Crippen LogP contribution >= 0.6 is 0 Å². The maximum atomic E-state index is 13.1. The van der Waals surface area contributed by atoms with Crippen LogP contribution in [-0.4, -0.2) is 17.8 Å². The Hall–Kier alpha value is -1.25.